The third-order valence-corrected chi connectivity index (χ3v) is 5.18. The molecule has 2 aromatic heterocycles. The van der Waals surface area contributed by atoms with Crippen LogP contribution in [0.4, 0.5) is 5.82 Å². The molecule has 1 atom stereocenters. The van der Waals surface area contributed by atoms with Gasteiger partial charge in [0.15, 0.2) is 10.8 Å². The van der Waals surface area contributed by atoms with Crippen LogP contribution in [0.3, 0.4) is 0 Å². The van der Waals surface area contributed by atoms with Gasteiger partial charge in [0.1, 0.15) is 0 Å². The van der Waals surface area contributed by atoms with Crippen molar-refractivity contribution in [2.75, 3.05) is 24.0 Å². The summed E-state index contributed by atoms with van der Waals surface area (Å²) in [7, 11) is 2.16. The van der Waals surface area contributed by atoms with E-state index in [4.69, 9.17) is 4.98 Å². The maximum atomic E-state index is 4.76. The van der Waals surface area contributed by atoms with E-state index in [1.807, 2.05) is 11.8 Å². The maximum Gasteiger partial charge on any atom is 0.195 e. The number of anilines is 1. The average molecular weight is 348 g/mol. The Kier molecular flexibility index (Phi) is 4.98. The van der Waals surface area contributed by atoms with Crippen LogP contribution in [0.2, 0.25) is 0 Å². The van der Waals surface area contributed by atoms with Gasteiger partial charge < -0.3 is 4.90 Å². The van der Waals surface area contributed by atoms with Crippen LogP contribution in [-0.2, 0) is 5.33 Å². The number of thioether (sulfide) groups is 1. The molecule has 2 heterocycles. The number of aromatic nitrogens is 2. The van der Waals surface area contributed by atoms with Gasteiger partial charge in [0, 0.05) is 35.7 Å². The number of imidazole rings is 1. The molecule has 18 heavy (non-hydrogen) atoms. The summed E-state index contributed by atoms with van der Waals surface area (Å²) >= 11 is 7.16. The summed E-state index contributed by atoms with van der Waals surface area (Å²) in [6.45, 7) is 2.24. The van der Waals surface area contributed by atoms with Crippen molar-refractivity contribution >= 4 is 49.8 Å². The van der Waals surface area contributed by atoms with Gasteiger partial charge >= 0.3 is 0 Å². The molecule has 0 spiro atoms. The zero-order valence-corrected chi connectivity index (χ0v) is 14.1. The molecule has 0 saturated carbocycles. The number of alkyl halides is 1. The first-order chi connectivity index (χ1) is 8.72. The molecule has 0 aromatic carbocycles. The fraction of sp³-hybridized carbons (Fsp3) is 0.583. The van der Waals surface area contributed by atoms with Crippen LogP contribution >= 0.6 is 39.0 Å². The Morgan fingerprint density at radius 3 is 3.00 bits per heavy atom. The van der Waals surface area contributed by atoms with Crippen molar-refractivity contribution in [1.82, 2.24) is 9.38 Å². The number of thiazole rings is 1. The van der Waals surface area contributed by atoms with Crippen LogP contribution in [0.15, 0.2) is 11.6 Å². The molecule has 0 aliphatic carbocycles. The lowest BCUT2D eigenvalue weighted by Crippen LogP contribution is -2.34. The normalized spacial score (nSPS) is 13.1. The summed E-state index contributed by atoms with van der Waals surface area (Å²) in [5, 5.41) is 2.91. The Hall–Kier alpha value is -0.200. The molecule has 0 saturated heterocycles. The number of hydrogen-bond acceptors (Lipinski definition) is 4. The molecule has 0 aliphatic rings. The van der Waals surface area contributed by atoms with Crippen molar-refractivity contribution in [2.45, 2.75) is 24.7 Å². The summed E-state index contributed by atoms with van der Waals surface area (Å²) in [6.07, 6.45) is 5.40. The van der Waals surface area contributed by atoms with Gasteiger partial charge in [0.2, 0.25) is 0 Å². The number of fused-ring (bicyclic) bond motifs is 1. The summed E-state index contributed by atoms with van der Waals surface area (Å²) in [6, 6.07) is 0.544. The maximum absolute atomic E-state index is 4.76. The SMILES string of the molecule is CCC(CSC)N(C)c1nc2sccn2c1CBr. The molecule has 2 aromatic rings. The first-order valence-corrected chi connectivity index (χ1v) is 9.34. The second kappa shape index (κ2) is 6.30. The van der Waals surface area contributed by atoms with Gasteiger partial charge in [-0.3, -0.25) is 4.40 Å². The number of rotatable bonds is 6. The Labute approximate surface area is 125 Å². The lowest BCUT2D eigenvalue weighted by molar-refractivity contribution is 0.665. The summed E-state index contributed by atoms with van der Waals surface area (Å²) in [5.41, 5.74) is 1.24. The lowest BCUT2D eigenvalue weighted by atomic mass is 10.2. The van der Waals surface area contributed by atoms with Crippen LogP contribution in [0.25, 0.3) is 4.96 Å². The zero-order valence-electron chi connectivity index (χ0n) is 10.9. The van der Waals surface area contributed by atoms with E-state index in [1.54, 1.807) is 11.3 Å². The molecule has 0 radical (unpaired) electrons. The minimum absolute atomic E-state index is 0.544. The number of hydrogen-bond donors (Lipinski definition) is 0. The van der Waals surface area contributed by atoms with E-state index < -0.39 is 0 Å². The largest absolute Gasteiger partial charge is 0.354 e. The van der Waals surface area contributed by atoms with Crippen LogP contribution in [0.1, 0.15) is 19.0 Å². The summed E-state index contributed by atoms with van der Waals surface area (Å²) in [5.74, 6) is 2.25. The fourth-order valence-electron chi connectivity index (χ4n) is 2.10. The highest BCUT2D eigenvalue weighted by atomic mass is 79.9. The molecule has 0 fully saturated rings. The van der Waals surface area contributed by atoms with Gasteiger partial charge in [-0.15, -0.1) is 11.3 Å². The molecular weight excluding hydrogens is 330 g/mol. The van der Waals surface area contributed by atoms with Crippen LogP contribution < -0.4 is 4.90 Å². The Bertz CT molecular complexity index is 508. The second-order valence-electron chi connectivity index (χ2n) is 4.20. The highest BCUT2D eigenvalue weighted by molar-refractivity contribution is 9.08. The monoisotopic (exact) mass is 347 g/mol. The number of nitrogens with zero attached hydrogens (tertiary/aromatic N) is 3. The minimum atomic E-state index is 0.544. The average Bonchev–Trinajstić information content (AvgIpc) is 2.94. The molecule has 100 valence electrons. The molecule has 0 aliphatic heterocycles. The van der Waals surface area contributed by atoms with Crippen LogP contribution in [0, 0.1) is 0 Å². The Morgan fingerprint density at radius 1 is 1.61 bits per heavy atom. The highest BCUT2D eigenvalue weighted by Crippen LogP contribution is 2.28. The second-order valence-corrected chi connectivity index (χ2v) is 6.54. The lowest BCUT2D eigenvalue weighted by Gasteiger charge is -2.27. The number of halogens is 1. The Morgan fingerprint density at radius 2 is 2.39 bits per heavy atom. The van der Waals surface area contributed by atoms with Gasteiger partial charge in [0.25, 0.3) is 0 Å². The van der Waals surface area contributed by atoms with E-state index in [0.717, 1.165) is 28.3 Å². The van der Waals surface area contributed by atoms with Gasteiger partial charge in [-0.1, -0.05) is 22.9 Å². The fourth-order valence-corrected chi connectivity index (χ4v) is 4.19. The minimum Gasteiger partial charge on any atom is -0.354 e. The predicted octanol–water partition coefficient (Wildman–Crippen LogP) is 3.87. The van der Waals surface area contributed by atoms with E-state index in [9.17, 15) is 0 Å². The smallest absolute Gasteiger partial charge is 0.195 e. The van der Waals surface area contributed by atoms with E-state index in [1.165, 1.54) is 5.69 Å². The zero-order chi connectivity index (χ0) is 13.1. The van der Waals surface area contributed by atoms with Crippen molar-refractivity contribution in [2.24, 2.45) is 0 Å². The van der Waals surface area contributed by atoms with E-state index >= 15 is 0 Å². The van der Waals surface area contributed by atoms with Gasteiger partial charge in [-0.05, 0) is 12.7 Å². The molecule has 3 nitrogen and oxygen atoms in total. The third kappa shape index (κ3) is 2.56. The van der Waals surface area contributed by atoms with Gasteiger partial charge in [-0.25, -0.2) is 4.98 Å². The Balaban J connectivity index is 2.36. The van der Waals surface area contributed by atoms with Gasteiger partial charge in [-0.2, -0.15) is 11.8 Å². The molecule has 0 bridgehead atoms. The van der Waals surface area contributed by atoms with E-state index in [2.05, 4.69) is 57.0 Å². The first kappa shape index (κ1) is 14.2. The predicted molar refractivity (Wildman–Crippen MR) is 86.6 cm³/mol. The molecule has 0 amide bonds. The van der Waals surface area contributed by atoms with Crippen LogP contribution in [0.5, 0.6) is 0 Å². The topological polar surface area (TPSA) is 20.5 Å². The van der Waals surface area contributed by atoms with Crippen LogP contribution in [-0.4, -0.2) is 34.5 Å². The van der Waals surface area contributed by atoms with Crippen molar-refractivity contribution in [3.8, 4) is 0 Å². The quantitative estimate of drug-likeness (QED) is 0.740. The molecule has 0 N–H and O–H groups in total. The van der Waals surface area contributed by atoms with Crippen molar-refractivity contribution < 1.29 is 0 Å². The van der Waals surface area contributed by atoms with Crippen molar-refractivity contribution in [1.29, 1.82) is 0 Å². The summed E-state index contributed by atoms with van der Waals surface area (Å²) in [4.78, 5) is 8.16. The summed E-state index contributed by atoms with van der Waals surface area (Å²) < 4.78 is 2.18. The van der Waals surface area contributed by atoms with E-state index in [0.29, 0.717) is 6.04 Å². The highest BCUT2D eigenvalue weighted by Gasteiger charge is 2.20. The van der Waals surface area contributed by atoms with Crippen molar-refractivity contribution in [3.63, 3.8) is 0 Å². The van der Waals surface area contributed by atoms with E-state index in [-0.39, 0.29) is 0 Å². The molecular formula is C12H18BrN3S2. The molecule has 2 rings (SSSR count). The first-order valence-electron chi connectivity index (χ1n) is 5.95. The van der Waals surface area contributed by atoms with Crippen molar-refractivity contribution in [3.05, 3.63) is 17.3 Å². The van der Waals surface area contributed by atoms with Gasteiger partial charge in [0.05, 0.1) is 5.69 Å². The molecule has 6 heteroatoms. The third-order valence-electron chi connectivity index (χ3n) is 3.18. The standard InChI is InChI=1S/C12H18BrN3S2/c1-4-9(8-17-3)15(2)11-10(7-13)16-5-6-18-12(16)14-11/h5-6,9H,4,7-8H2,1-3H3. The molecule has 1 unspecified atom stereocenters.